The SMILES string of the molecule is CC1=CCC2(C=CC1)CC2C(C)C. The molecule has 72 valence electrons. The third-order valence-electron chi connectivity index (χ3n) is 3.70. The Hall–Kier alpha value is -0.520. The molecule has 0 heterocycles. The molecular weight excluding hydrogens is 156 g/mol. The molecule has 0 nitrogen and oxygen atoms in total. The van der Waals surface area contributed by atoms with Gasteiger partial charge < -0.3 is 0 Å². The molecule has 0 aliphatic heterocycles. The standard InChI is InChI=1S/C13H20/c1-10(2)12-9-13(12)7-4-5-11(3)6-8-13/h4,6-7,10,12H,5,8-9H2,1-3H3. The predicted octanol–water partition coefficient (Wildman–Crippen LogP) is 3.95. The fourth-order valence-corrected chi connectivity index (χ4v) is 2.67. The second-order valence-electron chi connectivity index (χ2n) is 5.15. The van der Waals surface area contributed by atoms with E-state index in [4.69, 9.17) is 0 Å². The Labute approximate surface area is 81.7 Å². The minimum absolute atomic E-state index is 0.575. The molecule has 0 saturated heterocycles. The van der Waals surface area contributed by atoms with Gasteiger partial charge in [-0.2, -0.15) is 0 Å². The Bertz CT molecular complexity index is 257. The quantitative estimate of drug-likeness (QED) is 0.531. The second-order valence-corrected chi connectivity index (χ2v) is 5.15. The van der Waals surface area contributed by atoms with Gasteiger partial charge in [0.2, 0.25) is 0 Å². The summed E-state index contributed by atoms with van der Waals surface area (Å²) in [6.45, 7) is 6.96. The number of rotatable bonds is 1. The van der Waals surface area contributed by atoms with E-state index < -0.39 is 0 Å². The monoisotopic (exact) mass is 176 g/mol. The van der Waals surface area contributed by atoms with Crippen molar-refractivity contribution in [3.05, 3.63) is 23.8 Å². The lowest BCUT2D eigenvalue weighted by atomic mass is 9.94. The van der Waals surface area contributed by atoms with Crippen molar-refractivity contribution >= 4 is 0 Å². The maximum Gasteiger partial charge on any atom is -0.00495 e. The van der Waals surface area contributed by atoms with E-state index in [2.05, 4.69) is 39.0 Å². The highest BCUT2D eigenvalue weighted by atomic mass is 14.6. The first-order chi connectivity index (χ1) is 6.14. The summed E-state index contributed by atoms with van der Waals surface area (Å²) >= 11 is 0. The molecule has 2 unspecified atom stereocenters. The summed E-state index contributed by atoms with van der Waals surface area (Å²) in [5.41, 5.74) is 2.12. The van der Waals surface area contributed by atoms with Crippen LogP contribution in [0.1, 0.15) is 40.0 Å². The van der Waals surface area contributed by atoms with Gasteiger partial charge in [-0.05, 0) is 43.4 Å². The van der Waals surface area contributed by atoms with Crippen LogP contribution in [-0.2, 0) is 0 Å². The molecule has 0 bridgehead atoms. The van der Waals surface area contributed by atoms with Crippen LogP contribution in [0.5, 0.6) is 0 Å². The second kappa shape index (κ2) is 3.01. The molecule has 0 radical (unpaired) electrons. The van der Waals surface area contributed by atoms with E-state index in [9.17, 15) is 0 Å². The molecule has 0 aromatic heterocycles. The summed E-state index contributed by atoms with van der Waals surface area (Å²) in [7, 11) is 0. The molecule has 1 saturated carbocycles. The molecule has 0 aromatic rings. The Morgan fingerprint density at radius 1 is 1.46 bits per heavy atom. The van der Waals surface area contributed by atoms with Crippen LogP contribution in [0.4, 0.5) is 0 Å². The maximum atomic E-state index is 2.49. The van der Waals surface area contributed by atoms with Crippen molar-refractivity contribution in [2.75, 3.05) is 0 Å². The van der Waals surface area contributed by atoms with Crippen LogP contribution in [0.2, 0.25) is 0 Å². The Morgan fingerprint density at radius 2 is 2.23 bits per heavy atom. The molecule has 0 N–H and O–H groups in total. The lowest BCUT2D eigenvalue weighted by molar-refractivity contribution is 0.461. The van der Waals surface area contributed by atoms with Gasteiger partial charge in [0.1, 0.15) is 0 Å². The molecule has 13 heavy (non-hydrogen) atoms. The normalized spacial score (nSPS) is 37.8. The van der Waals surface area contributed by atoms with Crippen LogP contribution in [0.15, 0.2) is 23.8 Å². The average molecular weight is 176 g/mol. The molecule has 2 atom stereocenters. The van der Waals surface area contributed by atoms with Crippen molar-refractivity contribution in [1.29, 1.82) is 0 Å². The Kier molecular flexibility index (Phi) is 2.09. The van der Waals surface area contributed by atoms with Gasteiger partial charge in [-0.3, -0.25) is 0 Å². The van der Waals surface area contributed by atoms with Gasteiger partial charge in [0.25, 0.3) is 0 Å². The van der Waals surface area contributed by atoms with Gasteiger partial charge in [0, 0.05) is 0 Å². The van der Waals surface area contributed by atoms with E-state index in [0.717, 1.165) is 11.8 Å². The van der Waals surface area contributed by atoms with Crippen LogP contribution < -0.4 is 0 Å². The van der Waals surface area contributed by atoms with E-state index in [-0.39, 0.29) is 0 Å². The number of hydrogen-bond donors (Lipinski definition) is 0. The van der Waals surface area contributed by atoms with Crippen molar-refractivity contribution in [1.82, 2.24) is 0 Å². The topological polar surface area (TPSA) is 0 Å². The van der Waals surface area contributed by atoms with E-state index in [0.29, 0.717) is 5.41 Å². The molecule has 0 aromatic carbocycles. The van der Waals surface area contributed by atoms with Gasteiger partial charge in [-0.15, -0.1) is 0 Å². The van der Waals surface area contributed by atoms with E-state index >= 15 is 0 Å². The summed E-state index contributed by atoms with van der Waals surface area (Å²) in [6, 6.07) is 0. The van der Waals surface area contributed by atoms with Crippen molar-refractivity contribution < 1.29 is 0 Å². The first-order valence-corrected chi connectivity index (χ1v) is 5.47. The fraction of sp³-hybridized carbons (Fsp3) is 0.692. The summed E-state index contributed by atoms with van der Waals surface area (Å²) < 4.78 is 0. The molecule has 2 aliphatic rings. The molecule has 1 spiro atoms. The number of hydrogen-bond acceptors (Lipinski definition) is 0. The van der Waals surface area contributed by atoms with Crippen LogP contribution in [0.25, 0.3) is 0 Å². The third-order valence-corrected chi connectivity index (χ3v) is 3.70. The van der Waals surface area contributed by atoms with Gasteiger partial charge in [0.15, 0.2) is 0 Å². The van der Waals surface area contributed by atoms with Crippen molar-refractivity contribution in [2.45, 2.75) is 40.0 Å². The van der Waals surface area contributed by atoms with Crippen LogP contribution in [-0.4, -0.2) is 0 Å². The van der Waals surface area contributed by atoms with E-state index in [1.807, 2.05) is 0 Å². The lowest BCUT2D eigenvalue weighted by Crippen LogP contribution is -2.02. The fourth-order valence-electron chi connectivity index (χ4n) is 2.67. The molecule has 0 amide bonds. The van der Waals surface area contributed by atoms with Gasteiger partial charge in [-0.1, -0.05) is 37.6 Å². The Balaban J connectivity index is 2.11. The largest absolute Gasteiger partial charge is 0.0844 e. The summed E-state index contributed by atoms with van der Waals surface area (Å²) in [6.07, 6.45) is 11.2. The van der Waals surface area contributed by atoms with E-state index in [1.165, 1.54) is 19.3 Å². The third kappa shape index (κ3) is 1.59. The zero-order chi connectivity index (χ0) is 9.47. The lowest BCUT2D eigenvalue weighted by Gasteiger charge is -2.11. The summed E-state index contributed by atoms with van der Waals surface area (Å²) in [4.78, 5) is 0. The maximum absolute atomic E-state index is 2.49. The first-order valence-electron chi connectivity index (χ1n) is 5.47. The molecule has 2 aliphatic carbocycles. The van der Waals surface area contributed by atoms with Crippen LogP contribution in [0.3, 0.4) is 0 Å². The summed E-state index contributed by atoms with van der Waals surface area (Å²) in [5, 5.41) is 0. The highest BCUT2D eigenvalue weighted by Crippen LogP contribution is 2.60. The van der Waals surface area contributed by atoms with Crippen molar-refractivity contribution in [3.63, 3.8) is 0 Å². The predicted molar refractivity (Wildman–Crippen MR) is 57.5 cm³/mol. The molecule has 2 rings (SSSR count). The zero-order valence-corrected chi connectivity index (χ0v) is 9.01. The first kappa shape index (κ1) is 9.05. The Morgan fingerprint density at radius 3 is 2.85 bits per heavy atom. The number of allylic oxidation sites excluding steroid dienone is 4. The molecule has 1 fully saturated rings. The highest BCUT2D eigenvalue weighted by molar-refractivity contribution is 5.23. The van der Waals surface area contributed by atoms with Gasteiger partial charge in [-0.25, -0.2) is 0 Å². The molecule has 0 heteroatoms. The van der Waals surface area contributed by atoms with Crippen LogP contribution in [0, 0.1) is 17.3 Å². The van der Waals surface area contributed by atoms with Gasteiger partial charge >= 0.3 is 0 Å². The smallest absolute Gasteiger partial charge is 0.00495 e. The van der Waals surface area contributed by atoms with E-state index in [1.54, 1.807) is 5.57 Å². The minimum atomic E-state index is 0.575. The average Bonchev–Trinajstić information content (AvgIpc) is 2.79. The van der Waals surface area contributed by atoms with Crippen molar-refractivity contribution in [2.24, 2.45) is 17.3 Å². The van der Waals surface area contributed by atoms with Crippen LogP contribution >= 0.6 is 0 Å². The molecular formula is C13H20. The van der Waals surface area contributed by atoms with Crippen molar-refractivity contribution in [3.8, 4) is 0 Å². The van der Waals surface area contributed by atoms with Gasteiger partial charge in [0.05, 0.1) is 0 Å². The summed E-state index contributed by atoms with van der Waals surface area (Å²) in [5.74, 6) is 1.81. The highest BCUT2D eigenvalue weighted by Gasteiger charge is 2.52. The minimum Gasteiger partial charge on any atom is -0.0844 e. The zero-order valence-electron chi connectivity index (χ0n) is 9.01.